The quantitative estimate of drug-likeness (QED) is 0.206. The molecule has 3 rings (SSSR count). The van der Waals surface area contributed by atoms with Gasteiger partial charge in [0.15, 0.2) is 23.3 Å². The molecule has 2 N–H and O–H groups in total. The summed E-state index contributed by atoms with van der Waals surface area (Å²) in [5, 5.41) is 3.19. The van der Waals surface area contributed by atoms with E-state index in [2.05, 4.69) is 5.32 Å². The second-order valence-electron chi connectivity index (χ2n) is 7.55. The van der Waals surface area contributed by atoms with E-state index in [0.717, 1.165) is 17.3 Å². The number of hydrogen-bond donors (Lipinski definition) is 2. The van der Waals surface area contributed by atoms with Crippen molar-refractivity contribution in [3.63, 3.8) is 0 Å². The van der Waals surface area contributed by atoms with Crippen molar-refractivity contribution in [3.05, 3.63) is 88.5 Å². The van der Waals surface area contributed by atoms with Gasteiger partial charge in [-0.15, -0.1) is 11.8 Å². The highest BCUT2D eigenvalue weighted by Gasteiger charge is 2.42. The van der Waals surface area contributed by atoms with Gasteiger partial charge in [-0.3, -0.25) is 9.59 Å². The molecule has 0 saturated carbocycles. The lowest BCUT2D eigenvalue weighted by Gasteiger charge is -2.17. The maximum atomic E-state index is 14.1. The van der Waals surface area contributed by atoms with E-state index in [4.69, 9.17) is 0 Å². The zero-order valence-corrected chi connectivity index (χ0v) is 19.4. The van der Waals surface area contributed by atoms with Crippen molar-refractivity contribution in [2.24, 2.45) is 0 Å². The Bertz CT molecular complexity index is 1300. The first-order chi connectivity index (χ1) is 16.8. The molecule has 12 heteroatoms. The smallest absolute Gasteiger partial charge is 0.322 e. The van der Waals surface area contributed by atoms with E-state index >= 15 is 0 Å². The van der Waals surface area contributed by atoms with Crippen LogP contribution in [0.2, 0.25) is 0 Å². The van der Waals surface area contributed by atoms with Crippen molar-refractivity contribution in [1.29, 1.82) is 0 Å². The molecule has 2 amide bonds. The highest BCUT2D eigenvalue weighted by molar-refractivity contribution is 8.00. The number of rotatable bonds is 6. The SMILES string of the molecule is Cc1ccccc1C(=O)Nc1cccc(SC(C)C(=O)Nc2c(F)c(F)c(C(F)(F)F)c(F)c2F)c1. The van der Waals surface area contributed by atoms with E-state index in [1.165, 1.54) is 13.0 Å². The van der Waals surface area contributed by atoms with Crippen molar-refractivity contribution >= 4 is 35.0 Å². The second-order valence-corrected chi connectivity index (χ2v) is 8.96. The van der Waals surface area contributed by atoms with Crippen LogP contribution in [0.1, 0.15) is 28.4 Å². The van der Waals surface area contributed by atoms with Gasteiger partial charge < -0.3 is 10.6 Å². The number of alkyl halides is 3. The van der Waals surface area contributed by atoms with Crippen molar-refractivity contribution in [2.75, 3.05) is 10.6 Å². The topological polar surface area (TPSA) is 58.2 Å². The molecule has 0 fully saturated rings. The molecule has 190 valence electrons. The van der Waals surface area contributed by atoms with Gasteiger partial charge >= 0.3 is 6.18 Å². The third kappa shape index (κ3) is 5.81. The van der Waals surface area contributed by atoms with Gasteiger partial charge in [0.2, 0.25) is 5.91 Å². The summed E-state index contributed by atoms with van der Waals surface area (Å²) in [5.74, 6) is -11.6. The highest BCUT2D eigenvalue weighted by Crippen LogP contribution is 2.38. The number of aryl methyl sites for hydroxylation is 1. The van der Waals surface area contributed by atoms with Crippen LogP contribution in [0.15, 0.2) is 53.4 Å². The van der Waals surface area contributed by atoms with E-state index in [1.54, 1.807) is 54.7 Å². The summed E-state index contributed by atoms with van der Waals surface area (Å²) in [7, 11) is 0. The van der Waals surface area contributed by atoms with E-state index < -0.39 is 51.9 Å². The predicted molar refractivity (Wildman–Crippen MR) is 121 cm³/mol. The van der Waals surface area contributed by atoms with Crippen LogP contribution in [0, 0.1) is 30.2 Å². The largest absolute Gasteiger partial charge is 0.422 e. The van der Waals surface area contributed by atoms with Gasteiger partial charge in [0.05, 0.1) is 5.25 Å². The summed E-state index contributed by atoms with van der Waals surface area (Å²) >= 11 is 0.863. The van der Waals surface area contributed by atoms with Crippen LogP contribution in [0.5, 0.6) is 0 Å². The standard InChI is InChI=1S/C24H17F7N2O2S/c1-11-6-3-4-9-15(11)23(35)32-13-7-5-8-14(10-13)36-12(2)22(34)33-21-19(27)17(25)16(24(29,30)31)18(26)20(21)28/h3-10,12H,1-2H3,(H,32,35)(H,33,34). The normalized spacial score (nSPS) is 12.2. The summed E-state index contributed by atoms with van der Waals surface area (Å²) < 4.78 is 94.0. The van der Waals surface area contributed by atoms with Crippen LogP contribution in [0.3, 0.4) is 0 Å². The zero-order valence-electron chi connectivity index (χ0n) is 18.6. The van der Waals surface area contributed by atoms with Crippen LogP contribution >= 0.6 is 11.8 Å². The number of nitrogens with one attached hydrogen (secondary N) is 2. The van der Waals surface area contributed by atoms with Gasteiger partial charge in [-0.05, 0) is 43.7 Å². The molecule has 3 aromatic carbocycles. The van der Waals surface area contributed by atoms with Crippen molar-refractivity contribution in [1.82, 2.24) is 0 Å². The van der Waals surface area contributed by atoms with Gasteiger partial charge in [-0.1, -0.05) is 24.3 Å². The van der Waals surface area contributed by atoms with Crippen LogP contribution < -0.4 is 10.6 Å². The molecule has 1 unspecified atom stereocenters. The van der Waals surface area contributed by atoms with Gasteiger partial charge in [0, 0.05) is 16.1 Å². The summed E-state index contributed by atoms with van der Waals surface area (Å²) in [5.41, 5.74) is -2.83. The summed E-state index contributed by atoms with van der Waals surface area (Å²) in [4.78, 5) is 25.3. The fourth-order valence-corrected chi connectivity index (χ4v) is 4.07. The Morgan fingerprint density at radius 2 is 1.47 bits per heavy atom. The van der Waals surface area contributed by atoms with Crippen LogP contribution in [0.4, 0.5) is 42.1 Å². The van der Waals surface area contributed by atoms with E-state index in [-0.39, 0.29) is 5.91 Å². The number of thioether (sulfide) groups is 1. The molecule has 0 bridgehead atoms. The average Bonchev–Trinajstić information content (AvgIpc) is 2.80. The Morgan fingerprint density at radius 3 is 2.06 bits per heavy atom. The number of hydrogen-bond acceptors (Lipinski definition) is 3. The van der Waals surface area contributed by atoms with E-state index in [1.807, 2.05) is 0 Å². The minimum atomic E-state index is -5.69. The minimum Gasteiger partial charge on any atom is -0.322 e. The molecule has 0 radical (unpaired) electrons. The zero-order chi connectivity index (χ0) is 26.8. The molecule has 3 aromatic rings. The van der Waals surface area contributed by atoms with Gasteiger partial charge in [0.25, 0.3) is 5.91 Å². The Labute approximate surface area is 204 Å². The molecular formula is C24H17F7N2O2S. The van der Waals surface area contributed by atoms with E-state index in [9.17, 15) is 40.3 Å². The summed E-state index contributed by atoms with van der Waals surface area (Å²) in [6, 6.07) is 13.1. The molecule has 0 saturated heterocycles. The van der Waals surface area contributed by atoms with Gasteiger partial charge in [-0.2, -0.15) is 13.2 Å². The molecule has 1 atom stereocenters. The molecule has 4 nitrogen and oxygen atoms in total. The number of benzene rings is 3. The third-order valence-electron chi connectivity index (χ3n) is 4.96. The predicted octanol–water partition coefficient (Wildman–Crippen LogP) is 6.94. The fourth-order valence-electron chi connectivity index (χ4n) is 3.15. The third-order valence-corrected chi connectivity index (χ3v) is 6.05. The maximum absolute atomic E-state index is 14.1. The molecule has 0 heterocycles. The summed E-state index contributed by atoms with van der Waals surface area (Å²) in [6.07, 6.45) is -5.69. The number of anilines is 2. The fraction of sp³-hybridized carbons (Fsp3) is 0.167. The molecule has 0 aliphatic heterocycles. The van der Waals surface area contributed by atoms with Crippen molar-refractivity contribution < 1.29 is 40.3 Å². The first kappa shape index (κ1) is 27.1. The first-order valence-corrected chi connectivity index (χ1v) is 11.1. The second kappa shape index (κ2) is 10.6. The molecule has 0 aliphatic carbocycles. The first-order valence-electron chi connectivity index (χ1n) is 10.2. The Morgan fingerprint density at radius 1 is 0.861 bits per heavy atom. The molecule has 0 aliphatic rings. The Balaban J connectivity index is 1.75. The highest BCUT2D eigenvalue weighted by atomic mass is 32.2. The number of carbonyl (C=O) groups is 2. The van der Waals surface area contributed by atoms with Crippen LogP contribution in [-0.4, -0.2) is 17.1 Å². The lowest BCUT2D eigenvalue weighted by atomic mass is 10.1. The maximum Gasteiger partial charge on any atom is 0.422 e. The monoisotopic (exact) mass is 530 g/mol. The lowest BCUT2D eigenvalue weighted by molar-refractivity contribution is -0.143. The molecule has 36 heavy (non-hydrogen) atoms. The Hall–Kier alpha value is -3.54. The van der Waals surface area contributed by atoms with E-state index in [0.29, 0.717) is 16.1 Å². The molecule has 0 spiro atoms. The molecular weight excluding hydrogens is 513 g/mol. The van der Waals surface area contributed by atoms with Gasteiger partial charge in [0.1, 0.15) is 11.3 Å². The van der Waals surface area contributed by atoms with Crippen LogP contribution in [-0.2, 0) is 11.0 Å². The molecule has 0 aromatic heterocycles. The Kier molecular flexibility index (Phi) is 7.97. The number of carbonyl (C=O) groups excluding carboxylic acids is 2. The van der Waals surface area contributed by atoms with Crippen molar-refractivity contribution in [3.8, 4) is 0 Å². The number of halogens is 7. The van der Waals surface area contributed by atoms with Crippen LogP contribution in [0.25, 0.3) is 0 Å². The number of amides is 2. The summed E-state index contributed by atoms with van der Waals surface area (Å²) in [6.45, 7) is 3.06. The lowest BCUT2D eigenvalue weighted by Crippen LogP contribution is -2.25. The minimum absolute atomic E-state index is 0.377. The van der Waals surface area contributed by atoms with Gasteiger partial charge in [-0.25, -0.2) is 17.6 Å². The average molecular weight is 530 g/mol. The van der Waals surface area contributed by atoms with Crippen molar-refractivity contribution in [2.45, 2.75) is 30.2 Å².